The molecule has 0 saturated heterocycles. The number of esters is 2. The summed E-state index contributed by atoms with van der Waals surface area (Å²) in [6, 6.07) is 0. The van der Waals surface area contributed by atoms with Crippen LogP contribution < -0.4 is 0 Å². The summed E-state index contributed by atoms with van der Waals surface area (Å²) in [6.45, 7) is 11.8. The fourth-order valence-corrected chi connectivity index (χ4v) is 8.14. The van der Waals surface area contributed by atoms with Gasteiger partial charge in [-0.05, 0) is 93.6 Å². The number of ketones is 1. The maximum atomic E-state index is 12.9. The third-order valence-electron chi connectivity index (χ3n) is 9.68. The lowest BCUT2D eigenvalue weighted by Gasteiger charge is -2.58. The standard InChI is InChI=1S/C28H40O5/c1-7-8-25(31)32-20-9-12-26(5)22-10-13-27(6)23(21(22)15-17(2)24(26)16-20)11-14-28(27,18(3)29)33-19(4)30/h15-16,20-23H,7-14H2,1-6H3/t20-,21?,22?,23?,26-,27+,28+/m1/s1. The minimum Gasteiger partial charge on any atom is -0.458 e. The van der Waals surface area contributed by atoms with E-state index >= 15 is 0 Å². The second-order valence-electron chi connectivity index (χ2n) is 11.4. The Bertz CT molecular complexity index is 915. The molecule has 4 aliphatic carbocycles. The van der Waals surface area contributed by atoms with Gasteiger partial charge in [-0.2, -0.15) is 0 Å². The smallest absolute Gasteiger partial charge is 0.306 e. The van der Waals surface area contributed by atoms with Crippen LogP contribution in [0.4, 0.5) is 0 Å². The molecule has 0 aromatic heterocycles. The van der Waals surface area contributed by atoms with Gasteiger partial charge in [0.25, 0.3) is 0 Å². The largest absolute Gasteiger partial charge is 0.458 e. The highest BCUT2D eigenvalue weighted by Gasteiger charge is 2.67. The number of hydrogen-bond donors (Lipinski definition) is 0. The third kappa shape index (κ3) is 3.61. The SMILES string of the molecule is CCCC(=O)O[C@H]1C=C2C(C)=CC3C(CC[C@@]4(C)C3CC[C@]4(OC(C)=O)C(C)=O)[C@@]2(C)CC1. The molecule has 2 fully saturated rings. The van der Waals surface area contributed by atoms with E-state index in [0.29, 0.717) is 30.6 Å². The van der Waals surface area contributed by atoms with Crippen LogP contribution in [-0.4, -0.2) is 29.4 Å². The Morgan fingerprint density at radius 2 is 1.70 bits per heavy atom. The molecule has 0 aromatic carbocycles. The van der Waals surface area contributed by atoms with E-state index in [0.717, 1.165) is 38.5 Å². The second kappa shape index (κ2) is 8.39. The average Bonchev–Trinajstić information content (AvgIpc) is 3.02. The van der Waals surface area contributed by atoms with E-state index in [1.54, 1.807) is 6.92 Å². The van der Waals surface area contributed by atoms with E-state index in [1.165, 1.54) is 18.1 Å². The van der Waals surface area contributed by atoms with Gasteiger partial charge in [0, 0.05) is 18.8 Å². The maximum absolute atomic E-state index is 12.9. The summed E-state index contributed by atoms with van der Waals surface area (Å²) in [7, 11) is 0. The van der Waals surface area contributed by atoms with Gasteiger partial charge in [-0.1, -0.05) is 32.4 Å². The zero-order chi connectivity index (χ0) is 24.2. The number of allylic oxidation sites excluding steroid dienone is 3. The van der Waals surface area contributed by atoms with Crippen LogP contribution in [-0.2, 0) is 23.9 Å². The summed E-state index contributed by atoms with van der Waals surface area (Å²) >= 11 is 0. The highest BCUT2D eigenvalue weighted by molar-refractivity contribution is 5.89. The van der Waals surface area contributed by atoms with Crippen molar-refractivity contribution in [3.05, 3.63) is 23.3 Å². The van der Waals surface area contributed by atoms with Crippen LogP contribution in [0.25, 0.3) is 0 Å². The molecule has 4 rings (SSSR count). The van der Waals surface area contributed by atoms with Gasteiger partial charge >= 0.3 is 11.9 Å². The van der Waals surface area contributed by atoms with Crippen LogP contribution in [0.5, 0.6) is 0 Å². The molecular weight excluding hydrogens is 416 g/mol. The topological polar surface area (TPSA) is 69.7 Å². The first kappa shape index (κ1) is 24.2. The molecule has 33 heavy (non-hydrogen) atoms. The summed E-state index contributed by atoms with van der Waals surface area (Å²) in [4.78, 5) is 37.0. The Labute approximate surface area is 198 Å². The van der Waals surface area contributed by atoms with Crippen LogP contribution >= 0.6 is 0 Å². The van der Waals surface area contributed by atoms with Gasteiger partial charge in [0.2, 0.25) is 0 Å². The molecule has 4 aliphatic rings. The molecule has 0 N–H and O–H groups in total. The van der Waals surface area contributed by atoms with Gasteiger partial charge in [-0.3, -0.25) is 14.4 Å². The molecule has 0 aromatic rings. The summed E-state index contributed by atoms with van der Waals surface area (Å²) in [6.07, 6.45) is 11.0. The number of fused-ring (bicyclic) bond motifs is 5. The fraction of sp³-hybridized carbons (Fsp3) is 0.750. The van der Waals surface area contributed by atoms with E-state index < -0.39 is 5.60 Å². The predicted octanol–water partition coefficient (Wildman–Crippen LogP) is 5.72. The number of rotatable bonds is 5. The van der Waals surface area contributed by atoms with Crippen LogP contribution in [0.15, 0.2) is 23.3 Å². The monoisotopic (exact) mass is 456 g/mol. The zero-order valence-corrected chi connectivity index (χ0v) is 21.2. The van der Waals surface area contributed by atoms with Gasteiger partial charge in [-0.15, -0.1) is 0 Å². The zero-order valence-electron chi connectivity index (χ0n) is 21.2. The highest BCUT2D eigenvalue weighted by atomic mass is 16.6. The molecule has 5 heteroatoms. The minimum atomic E-state index is -1.00. The van der Waals surface area contributed by atoms with Gasteiger partial charge in [0.05, 0.1) is 0 Å². The fourth-order valence-electron chi connectivity index (χ4n) is 8.14. The molecule has 3 unspecified atom stereocenters. The summed E-state index contributed by atoms with van der Waals surface area (Å²) in [5.74, 6) is 0.674. The Morgan fingerprint density at radius 3 is 2.33 bits per heavy atom. The minimum absolute atomic E-state index is 0.0149. The maximum Gasteiger partial charge on any atom is 0.306 e. The van der Waals surface area contributed by atoms with Crippen LogP contribution in [0.2, 0.25) is 0 Å². The molecule has 0 heterocycles. The van der Waals surface area contributed by atoms with E-state index in [9.17, 15) is 14.4 Å². The molecule has 182 valence electrons. The predicted molar refractivity (Wildman–Crippen MR) is 126 cm³/mol. The number of ether oxygens (including phenoxy) is 2. The first-order valence-corrected chi connectivity index (χ1v) is 12.8. The third-order valence-corrected chi connectivity index (χ3v) is 9.68. The average molecular weight is 457 g/mol. The lowest BCUT2D eigenvalue weighted by molar-refractivity contribution is -0.185. The summed E-state index contributed by atoms with van der Waals surface area (Å²) in [5, 5.41) is 0. The van der Waals surface area contributed by atoms with Crippen molar-refractivity contribution in [1.82, 2.24) is 0 Å². The van der Waals surface area contributed by atoms with E-state index in [4.69, 9.17) is 9.47 Å². The van der Waals surface area contributed by atoms with Crippen LogP contribution in [0.3, 0.4) is 0 Å². The number of Topliss-reactive ketones (excluding diaryl/α,β-unsaturated/α-hetero) is 1. The number of hydrogen-bond acceptors (Lipinski definition) is 5. The Kier molecular flexibility index (Phi) is 6.16. The second-order valence-corrected chi connectivity index (χ2v) is 11.4. The van der Waals surface area contributed by atoms with Crippen molar-refractivity contribution in [1.29, 1.82) is 0 Å². The molecule has 0 radical (unpaired) electrons. The van der Waals surface area contributed by atoms with E-state index in [1.807, 2.05) is 6.92 Å². The van der Waals surface area contributed by atoms with Crippen molar-refractivity contribution < 1.29 is 23.9 Å². The molecule has 0 bridgehead atoms. The number of carbonyl (C=O) groups excluding carboxylic acids is 3. The van der Waals surface area contributed by atoms with Crippen molar-refractivity contribution in [2.24, 2.45) is 28.6 Å². The van der Waals surface area contributed by atoms with Gasteiger partial charge in [0.15, 0.2) is 11.4 Å². The molecule has 5 nitrogen and oxygen atoms in total. The van der Waals surface area contributed by atoms with Crippen molar-refractivity contribution in [3.63, 3.8) is 0 Å². The normalized spacial score (nSPS) is 41.6. The highest BCUT2D eigenvalue weighted by Crippen LogP contribution is 2.68. The Balaban J connectivity index is 1.68. The van der Waals surface area contributed by atoms with Gasteiger partial charge in [-0.25, -0.2) is 0 Å². The van der Waals surface area contributed by atoms with E-state index in [2.05, 4.69) is 32.9 Å². The summed E-state index contributed by atoms with van der Waals surface area (Å²) < 4.78 is 11.6. The molecule has 2 saturated carbocycles. The van der Waals surface area contributed by atoms with Gasteiger partial charge in [0.1, 0.15) is 6.10 Å². The molecule has 0 amide bonds. The van der Waals surface area contributed by atoms with Crippen molar-refractivity contribution in [2.45, 2.75) is 105 Å². The first-order chi connectivity index (χ1) is 15.5. The Morgan fingerprint density at radius 1 is 1.00 bits per heavy atom. The molecule has 0 spiro atoms. The summed E-state index contributed by atoms with van der Waals surface area (Å²) in [5.41, 5.74) is 1.31. The van der Waals surface area contributed by atoms with Gasteiger partial charge < -0.3 is 9.47 Å². The van der Waals surface area contributed by atoms with Crippen molar-refractivity contribution in [2.75, 3.05) is 0 Å². The van der Waals surface area contributed by atoms with Crippen molar-refractivity contribution >= 4 is 17.7 Å². The Hall–Kier alpha value is -1.91. The lowest BCUT2D eigenvalue weighted by Crippen LogP contribution is -2.58. The van der Waals surface area contributed by atoms with Crippen LogP contribution in [0, 0.1) is 28.6 Å². The van der Waals surface area contributed by atoms with Crippen molar-refractivity contribution in [3.8, 4) is 0 Å². The molecular formula is C28H40O5. The number of carbonyl (C=O) groups is 3. The molecule has 0 aliphatic heterocycles. The quantitative estimate of drug-likeness (QED) is 0.495. The molecule has 7 atom stereocenters. The first-order valence-electron chi connectivity index (χ1n) is 12.8. The lowest BCUT2D eigenvalue weighted by atomic mass is 9.47. The van der Waals surface area contributed by atoms with Crippen LogP contribution in [0.1, 0.15) is 92.9 Å². The van der Waals surface area contributed by atoms with E-state index in [-0.39, 0.29) is 34.7 Å².